The molecule has 0 aliphatic carbocycles. The maximum Gasteiger partial charge on any atom is 0.273 e. The zero-order valence-electron chi connectivity index (χ0n) is 12.3. The molecule has 22 heavy (non-hydrogen) atoms. The van der Waals surface area contributed by atoms with Gasteiger partial charge >= 0.3 is 0 Å². The van der Waals surface area contributed by atoms with Gasteiger partial charge in [0.25, 0.3) is 5.91 Å². The lowest BCUT2D eigenvalue weighted by molar-refractivity contribution is 0.0791. The number of aromatic nitrogens is 1. The number of halogens is 2. The first-order valence-corrected chi connectivity index (χ1v) is 7.62. The summed E-state index contributed by atoms with van der Waals surface area (Å²) in [6, 6.07) is 6.32. The molecule has 0 atom stereocenters. The molecule has 2 aromatic rings. The van der Waals surface area contributed by atoms with Gasteiger partial charge in [-0.2, -0.15) is 0 Å². The predicted octanol–water partition coefficient (Wildman–Crippen LogP) is 2.52. The molecule has 0 fully saturated rings. The lowest BCUT2D eigenvalue weighted by atomic mass is 10.1. The van der Waals surface area contributed by atoms with Gasteiger partial charge in [-0.1, -0.05) is 12.1 Å². The van der Waals surface area contributed by atoms with E-state index < -0.39 is 0 Å². The number of hydrogen-bond acceptors (Lipinski definition) is 4. The van der Waals surface area contributed by atoms with Crippen LogP contribution in [0.4, 0.5) is 4.39 Å². The van der Waals surface area contributed by atoms with Gasteiger partial charge in [-0.05, 0) is 30.7 Å². The van der Waals surface area contributed by atoms with Gasteiger partial charge in [-0.15, -0.1) is 23.7 Å². The number of rotatable bonds is 6. The standard InChI is InChI=1S/C15H18FN3OS.ClH/c1-19(9-7-11-2-4-12(16)5-3-11)15(20)13-10-21-14(18-13)6-8-17;/h2-5,10H,6-9,17H2,1H3;1H. The maximum atomic E-state index is 12.8. The fraction of sp³-hybridized carbons (Fsp3) is 0.333. The second-order valence-corrected chi connectivity index (χ2v) is 5.71. The summed E-state index contributed by atoms with van der Waals surface area (Å²) < 4.78 is 12.8. The first-order valence-electron chi connectivity index (χ1n) is 6.74. The smallest absolute Gasteiger partial charge is 0.273 e. The molecule has 2 N–H and O–H groups in total. The zero-order chi connectivity index (χ0) is 15.2. The van der Waals surface area contributed by atoms with Gasteiger partial charge in [0.15, 0.2) is 0 Å². The first kappa shape index (κ1) is 18.5. The molecule has 4 nitrogen and oxygen atoms in total. The fourth-order valence-electron chi connectivity index (χ4n) is 1.89. The van der Waals surface area contributed by atoms with Crippen LogP contribution < -0.4 is 5.73 Å². The molecule has 0 saturated carbocycles. The Morgan fingerprint density at radius 1 is 1.32 bits per heavy atom. The second-order valence-electron chi connectivity index (χ2n) is 4.77. The van der Waals surface area contributed by atoms with E-state index in [-0.39, 0.29) is 24.1 Å². The molecule has 0 unspecified atom stereocenters. The van der Waals surface area contributed by atoms with Gasteiger partial charge in [0.2, 0.25) is 0 Å². The summed E-state index contributed by atoms with van der Waals surface area (Å²) in [7, 11) is 1.74. The third kappa shape index (κ3) is 5.05. The highest BCUT2D eigenvalue weighted by molar-refractivity contribution is 7.09. The van der Waals surface area contributed by atoms with E-state index in [2.05, 4.69) is 4.98 Å². The average molecular weight is 344 g/mol. The number of amides is 1. The van der Waals surface area contributed by atoms with Crippen LogP contribution in [0, 0.1) is 5.82 Å². The summed E-state index contributed by atoms with van der Waals surface area (Å²) in [5.74, 6) is -0.352. The summed E-state index contributed by atoms with van der Waals surface area (Å²) >= 11 is 1.46. The van der Waals surface area contributed by atoms with E-state index in [1.165, 1.54) is 23.5 Å². The number of carbonyl (C=O) groups is 1. The molecule has 0 spiro atoms. The molecule has 0 aliphatic heterocycles. The lowest BCUT2D eigenvalue weighted by Gasteiger charge is -2.15. The van der Waals surface area contributed by atoms with Crippen molar-refractivity contribution in [2.75, 3.05) is 20.1 Å². The van der Waals surface area contributed by atoms with Crippen molar-refractivity contribution in [1.29, 1.82) is 0 Å². The topological polar surface area (TPSA) is 59.2 Å². The van der Waals surface area contributed by atoms with Gasteiger partial charge in [0.1, 0.15) is 11.5 Å². The van der Waals surface area contributed by atoms with Crippen molar-refractivity contribution in [1.82, 2.24) is 9.88 Å². The predicted molar refractivity (Wildman–Crippen MR) is 89.2 cm³/mol. The van der Waals surface area contributed by atoms with Crippen molar-refractivity contribution < 1.29 is 9.18 Å². The summed E-state index contributed by atoms with van der Waals surface area (Å²) in [5.41, 5.74) is 6.93. The molecule has 1 amide bonds. The third-order valence-corrected chi connectivity index (χ3v) is 4.03. The lowest BCUT2D eigenvalue weighted by Crippen LogP contribution is -2.29. The Bertz CT molecular complexity index is 603. The van der Waals surface area contributed by atoms with Crippen molar-refractivity contribution in [3.63, 3.8) is 0 Å². The molecule has 0 aliphatic rings. The van der Waals surface area contributed by atoms with Gasteiger partial charge < -0.3 is 10.6 Å². The minimum absolute atomic E-state index is 0. The average Bonchev–Trinajstić information content (AvgIpc) is 2.94. The fourth-order valence-corrected chi connectivity index (χ4v) is 2.68. The number of nitrogens with zero attached hydrogens (tertiary/aromatic N) is 2. The van der Waals surface area contributed by atoms with E-state index in [4.69, 9.17) is 5.73 Å². The van der Waals surface area contributed by atoms with Crippen LogP contribution in [0.15, 0.2) is 29.6 Å². The van der Waals surface area contributed by atoms with Crippen molar-refractivity contribution >= 4 is 29.7 Å². The Morgan fingerprint density at radius 2 is 2.00 bits per heavy atom. The van der Waals surface area contributed by atoms with Gasteiger partial charge in [0, 0.05) is 25.4 Å². The van der Waals surface area contributed by atoms with Crippen LogP contribution >= 0.6 is 23.7 Å². The number of thiazole rings is 1. The number of nitrogens with two attached hydrogens (primary N) is 1. The second kappa shape index (κ2) is 8.82. The molecule has 1 aromatic heterocycles. The van der Waals surface area contributed by atoms with Crippen LogP contribution in [0.1, 0.15) is 21.1 Å². The maximum absolute atomic E-state index is 12.8. The van der Waals surface area contributed by atoms with Crippen LogP contribution in [0.25, 0.3) is 0 Å². The highest BCUT2D eigenvalue weighted by Gasteiger charge is 2.15. The molecule has 1 heterocycles. The third-order valence-electron chi connectivity index (χ3n) is 3.12. The quantitative estimate of drug-likeness (QED) is 0.876. The van der Waals surface area contributed by atoms with E-state index in [9.17, 15) is 9.18 Å². The highest BCUT2D eigenvalue weighted by atomic mass is 35.5. The number of benzene rings is 1. The summed E-state index contributed by atoms with van der Waals surface area (Å²) in [4.78, 5) is 18.1. The van der Waals surface area contributed by atoms with Crippen molar-refractivity contribution in [3.05, 3.63) is 51.7 Å². The first-order chi connectivity index (χ1) is 10.1. The Kier molecular flexibility index (Phi) is 7.44. The molecular weight excluding hydrogens is 325 g/mol. The molecule has 1 aromatic carbocycles. The highest BCUT2D eigenvalue weighted by Crippen LogP contribution is 2.12. The molecule has 2 rings (SSSR count). The summed E-state index contributed by atoms with van der Waals surface area (Å²) in [6.45, 7) is 1.09. The number of carbonyl (C=O) groups excluding carboxylic acids is 1. The Labute approximate surface area is 139 Å². The van der Waals surface area contributed by atoms with Crippen LogP contribution in [-0.2, 0) is 12.8 Å². The zero-order valence-corrected chi connectivity index (χ0v) is 13.9. The normalized spacial score (nSPS) is 10.1. The molecule has 120 valence electrons. The minimum atomic E-state index is -0.252. The van der Waals surface area contributed by atoms with Crippen LogP contribution in [0.5, 0.6) is 0 Å². The molecule has 7 heteroatoms. The minimum Gasteiger partial charge on any atom is -0.340 e. The Balaban J connectivity index is 0.00000242. The van der Waals surface area contributed by atoms with Gasteiger partial charge in [-0.3, -0.25) is 4.79 Å². The van der Waals surface area contributed by atoms with E-state index in [0.29, 0.717) is 31.6 Å². The summed E-state index contributed by atoms with van der Waals surface area (Å²) in [6.07, 6.45) is 1.37. The largest absolute Gasteiger partial charge is 0.340 e. The van der Waals surface area contributed by atoms with Crippen LogP contribution in [-0.4, -0.2) is 35.9 Å². The number of hydrogen-bond donors (Lipinski definition) is 1. The monoisotopic (exact) mass is 343 g/mol. The van der Waals surface area contributed by atoms with Crippen molar-refractivity contribution in [2.24, 2.45) is 5.73 Å². The molecular formula is C15H19ClFN3OS. The van der Waals surface area contributed by atoms with E-state index in [0.717, 1.165) is 10.6 Å². The van der Waals surface area contributed by atoms with Crippen LogP contribution in [0.2, 0.25) is 0 Å². The van der Waals surface area contributed by atoms with Gasteiger partial charge in [-0.25, -0.2) is 9.37 Å². The Hall–Kier alpha value is -1.50. The van der Waals surface area contributed by atoms with Crippen molar-refractivity contribution in [2.45, 2.75) is 12.8 Å². The Morgan fingerprint density at radius 3 is 2.64 bits per heavy atom. The molecule has 0 saturated heterocycles. The van der Waals surface area contributed by atoms with E-state index in [1.54, 1.807) is 29.5 Å². The van der Waals surface area contributed by atoms with E-state index >= 15 is 0 Å². The van der Waals surface area contributed by atoms with Crippen molar-refractivity contribution in [3.8, 4) is 0 Å². The number of likely N-dealkylation sites (N-methyl/N-ethyl adjacent to an activating group) is 1. The SMILES string of the molecule is CN(CCc1ccc(F)cc1)C(=O)c1csc(CCN)n1.Cl. The van der Waals surface area contributed by atoms with Gasteiger partial charge in [0.05, 0.1) is 5.01 Å². The summed E-state index contributed by atoms with van der Waals surface area (Å²) in [5, 5.41) is 2.65. The molecule has 0 radical (unpaired) electrons. The van der Waals surface area contributed by atoms with Crippen LogP contribution in [0.3, 0.4) is 0 Å². The molecule has 0 bridgehead atoms. The van der Waals surface area contributed by atoms with E-state index in [1.807, 2.05) is 0 Å².